The number of hydrogen-bond acceptors (Lipinski definition) is 4. The summed E-state index contributed by atoms with van der Waals surface area (Å²) in [5.74, 6) is 0.994. The van der Waals surface area contributed by atoms with Crippen LogP contribution in [0.3, 0.4) is 0 Å². The van der Waals surface area contributed by atoms with Crippen LogP contribution in [-0.4, -0.2) is 15.9 Å². The summed E-state index contributed by atoms with van der Waals surface area (Å²) in [5.41, 5.74) is 2.06. The van der Waals surface area contributed by atoms with Gasteiger partial charge < -0.3 is 4.74 Å². The van der Waals surface area contributed by atoms with E-state index in [-0.39, 0.29) is 5.56 Å². The number of hydrogen-bond donors (Lipinski definition) is 0. The average molecular weight is 545 g/mol. The maximum Gasteiger partial charge on any atom is 0.282 e. The van der Waals surface area contributed by atoms with Gasteiger partial charge in [0.05, 0.1) is 27.2 Å². The lowest BCUT2D eigenvalue weighted by Gasteiger charge is -2.11. The summed E-state index contributed by atoms with van der Waals surface area (Å²) in [4.78, 5) is 17.8. The van der Waals surface area contributed by atoms with Crippen molar-refractivity contribution in [3.05, 3.63) is 102 Å². The highest BCUT2D eigenvalue weighted by atomic mass is 79.9. The molecule has 0 fully saturated rings. The molecular weight excluding hydrogens is 525 g/mol. The topological polar surface area (TPSA) is 56.5 Å². The van der Waals surface area contributed by atoms with Crippen LogP contribution in [0.4, 0.5) is 0 Å². The van der Waals surface area contributed by atoms with Gasteiger partial charge in [-0.15, -0.1) is 0 Å². The molecule has 0 atom stereocenters. The molecule has 0 spiro atoms. The molecule has 0 saturated carbocycles. The van der Waals surface area contributed by atoms with E-state index in [2.05, 4.69) is 26.0 Å². The smallest absolute Gasteiger partial charge is 0.282 e. The van der Waals surface area contributed by atoms with E-state index < -0.39 is 0 Å². The van der Waals surface area contributed by atoms with Crippen LogP contribution in [0.2, 0.25) is 10.0 Å². The largest absolute Gasteiger partial charge is 0.486 e. The monoisotopic (exact) mass is 543 g/mol. The number of aryl methyl sites for hydroxylation is 1. The van der Waals surface area contributed by atoms with E-state index >= 15 is 0 Å². The summed E-state index contributed by atoms with van der Waals surface area (Å²) in [5, 5.41) is 5.64. The van der Waals surface area contributed by atoms with Crippen LogP contribution in [0.1, 0.15) is 30.3 Å². The first-order valence-corrected chi connectivity index (χ1v) is 11.9. The SMILES string of the molecule is CCCc1nc2ccc(Br)cc2c(=O)n1N=Cc1cc(Cl)c(OCc2ccccc2)c(Cl)c1. The molecule has 5 nitrogen and oxygen atoms in total. The molecule has 8 heteroatoms. The van der Waals surface area contributed by atoms with Gasteiger partial charge in [-0.1, -0.05) is 76.4 Å². The Labute approximate surface area is 209 Å². The Hall–Kier alpha value is -2.67. The van der Waals surface area contributed by atoms with Gasteiger partial charge in [0.25, 0.3) is 5.56 Å². The van der Waals surface area contributed by atoms with Gasteiger partial charge >= 0.3 is 0 Å². The van der Waals surface area contributed by atoms with E-state index in [1.165, 1.54) is 4.68 Å². The molecule has 1 heterocycles. The minimum Gasteiger partial charge on any atom is -0.486 e. The number of aromatic nitrogens is 2. The van der Waals surface area contributed by atoms with Crippen molar-refractivity contribution < 1.29 is 4.74 Å². The Morgan fingerprint density at radius 1 is 1.09 bits per heavy atom. The third kappa shape index (κ3) is 5.46. The second-order valence-corrected chi connectivity index (χ2v) is 9.12. The van der Waals surface area contributed by atoms with Gasteiger partial charge in [-0.3, -0.25) is 4.79 Å². The van der Waals surface area contributed by atoms with Gasteiger partial charge in [-0.25, -0.2) is 4.98 Å². The quantitative estimate of drug-likeness (QED) is 0.238. The predicted octanol–water partition coefficient (Wildman–Crippen LogP) is 6.88. The van der Waals surface area contributed by atoms with Gasteiger partial charge in [-0.2, -0.15) is 9.78 Å². The van der Waals surface area contributed by atoms with Crippen LogP contribution < -0.4 is 10.3 Å². The van der Waals surface area contributed by atoms with Crippen LogP contribution in [0.5, 0.6) is 5.75 Å². The van der Waals surface area contributed by atoms with E-state index in [9.17, 15) is 4.79 Å². The molecule has 168 valence electrons. The first-order valence-electron chi connectivity index (χ1n) is 10.4. The van der Waals surface area contributed by atoms with Crippen molar-refractivity contribution in [2.45, 2.75) is 26.4 Å². The maximum atomic E-state index is 13.1. The lowest BCUT2D eigenvalue weighted by atomic mass is 10.2. The zero-order valence-electron chi connectivity index (χ0n) is 17.8. The first-order chi connectivity index (χ1) is 16.0. The standard InChI is InChI=1S/C25H20BrCl2N3O2/c1-2-6-23-30-22-10-9-18(26)13-19(22)25(32)31(23)29-14-17-11-20(27)24(21(28)12-17)33-15-16-7-4-3-5-8-16/h3-5,7-14H,2,6,15H2,1H3. The minimum atomic E-state index is -0.235. The molecule has 0 unspecified atom stereocenters. The van der Waals surface area contributed by atoms with Gasteiger partial charge in [0.2, 0.25) is 0 Å². The molecule has 33 heavy (non-hydrogen) atoms. The molecule has 0 amide bonds. The Kier molecular flexibility index (Phi) is 7.48. The van der Waals surface area contributed by atoms with Crippen LogP contribution in [-0.2, 0) is 13.0 Å². The fourth-order valence-electron chi connectivity index (χ4n) is 3.35. The maximum absolute atomic E-state index is 13.1. The Morgan fingerprint density at radius 3 is 2.52 bits per heavy atom. The zero-order chi connectivity index (χ0) is 23.4. The number of halogens is 3. The van der Waals surface area contributed by atoms with Crippen molar-refractivity contribution >= 4 is 56.2 Å². The van der Waals surface area contributed by atoms with Crippen LogP contribution >= 0.6 is 39.1 Å². The normalized spacial score (nSPS) is 11.4. The van der Waals surface area contributed by atoms with E-state index in [0.29, 0.717) is 51.1 Å². The van der Waals surface area contributed by atoms with Gasteiger partial charge in [0.15, 0.2) is 5.75 Å². The van der Waals surface area contributed by atoms with E-state index in [0.717, 1.165) is 16.5 Å². The Morgan fingerprint density at radius 2 is 1.82 bits per heavy atom. The number of ether oxygens (including phenoxy) is 1. The molecule has 0 aliphatic heterocycles. The van der Waals surface area contributed by atoms with Crippen molar-refractivity contribution in [3.8, 4) is 5.75 Å². The molecule has 3 aromatic carbocycles. The van der Waals surface area contributed by atoms with E-state index in [4.69, 9.17) is 27.9 Å². The summed E-state index contributed by atoms with van der Waals surface area (Å²) in [7, 11) is 0. The molecule has 1 aromatic heterocycles. The molecule has 0 N–H and O–H groups in total. The van der Waals surface area contributed by atoms with E-state index in [1.807, 2.05) is 49.4 Å². The Bertz CT molecular complexity index is 1370. The molecule has 0 radical (unpaired) electrons. The summed E-state index contributed by atoms with van der Waals surface area (Å²) in [6.45, 7) is 2.38. The average Bonchev–Trinajstić information content (AvgIpc) is 2.80. The van der Waals surface area contributed by atoms with Crippen molar-refractivity contribution in [1.82, 2.24) is 9.66 Å². The highest BCUT2D eigenvalue weighted by Crippen LogP contribution is 2.34. The molecular formula is C25H20BrCl2N3O2. The summed E-state index contributed by atoms with van der Waals surface area (Å²) >= 11 is 16.3. The third-order valence-corrected chi connectivity index (χ3v) is 5.97. The summed E-state index contributed by atoms with van der Waals surface area (Å²) < 4.78 is 7.96. The van der Waals surface area contributed by atoms with Crippen LogP contribution in [0.15, 0.2) is 75.0 Å². The highest BCUT2D eigenvalue weighted by molar-refractivity contribution is 9.10. The number of rotatable bonds is 7. The summed E-state index contributed by atoms with van der Waals surface area (Å²) in [6, 6.07) is 18.6. The number of benzene rings is 3. The van der Waals surface area contributed by atoms with Crippen LogP contribution in [0.25, 0.3) is 10.9 Å². The van der Waals surface area contributed by atoms with Gasteiger partial charge in [0, 0.05) is 10.9 Å². The Balaban J connectivity index is 1.65. The van der Waals surface area contributed by atoms with Crippen LogP contribution in [0, 0.1) is 0 Å². The van der Waals surface area contributed by atoms with Gasteiger partial charge in [-0.05, 0) is 47.9 Å². The van der Waals surface area contributed by atoms with Crippen molar-refractivity contribution in [3.63, 3.8) is 0 Å². The second kappa shape index (κ2) is 10.5. The second-order valence-electron chi connectivity index (χ2n) is 7.39. The third-order valence-electron chi connectivity index (χ3n) is 4.92. The lowest BCUT2D eigenvalue weighted by molar-refractivity contribution is 0.306. The molecule has 4 rings (SSSR count). The summed E-state index contributed by atoms with van der Waals surface area (Å²) in [6.07, 6.45) is 2.99. The number of nitrogens with zero attached hydrogens (tertiary/aromatic N) is 3. The minimum absolute atomic E-state index is 0.235. The predicted molar refractivity (Wildman–Crippen MR) is 138 cm³/mol. The molecule has 0 aliphatic rings. The zero-order valence-corrected chi connectivity index (χ0v) is 20.9. The fraction of sp³-hybridized carbons (Fsp3) is 0.160. The fourth-order valence-corrected chi connectivity index (χ4v) is 4.32. The van der Waals surface area contributed by atoms with E-state index in [1.54, 1.807) is 24.4 Å². The molecule has 0 saturated heterocycles. The lowest BCUT2D eigenvalue weighted by Crippen LogP contribution is -2.22. The highest BCUT2D eigenvalue weighted by Gasteiger charge is 2.12. The molecule has 0 bridgehead atoms. The molecule has 0 aliphatic carbocycles. The number of fused-ring (bicyclic) bond motifs is 1. The van der Waals surface area contributed by atoms with Crippen molar-refractivity contribution in [2.24, 2.45) is 5.10 Å². The van der Waals surface area contributed by atoms with Crippen molar-refractivity contribution in [2.75, 3.05) is 0 Å². The van der Waals surface area contributed by atoms with Gasteiger partial charge in [0.1, 0.15) is 12.4 Å². The van der Waals surface area contributed by atoms with Crippen molar-refractivity contribution in [1.29, 1.82) is 0 Å². The molecule has 4 aromatic rings. The first kappa shape index (κ1) is 23.5.